The van der Waals surface area contributed by atoms with Crippen LogP contribution in [0.2, 0.25) is 0 Å². The van der Waals surface area contributed by atoms with Crippen LogP contribution in [0.1, 0.15) is 0 Å². The van der Waals surface area contributed by atoms with E-state index in [1.165, 1.54) is 6.20 Å². The molecular formula is C23H16F2N6O2S. The lowest BCUT2D eigenvalue weighted by Gasteiger charge is -2.10. The fourth-order valence-electron chi connectivity index (χ4n) is 3.44. The zero-order valence-corrected chi connectivity index (χ0v) is 18.5. The van der Waals surface area contributed by atoms with Crippen molar-refractivity contribution in [2.75, 3.05) is 4.72 Å². The van der Waals surface area contributed by atoms with Crippen LogP contribution >= 0.6 is 0 Å². The summed E-state index contributed by atoms with van der Waals surface area (Å²) in [6, 6.07) is 9.25. The zero-order chi connectivity index (χ0) is 23.9. The van der Waals surface area contributed by atoms with Crippen LogP contribution in [0.4, 0.5) is 14.5 Å². The number of aryl methyl sites for hydroxylation is 1. The first-order chi connectivity index (χ1) is 16.3. The van der Waals surface area contributed by atoms with E-state index in [0.717, 1.165) is 23.3 Å². The fourth-order valence-corrected chi connectivity index (χ4v) is 4.54. The normalized spacial score (nSPS) is 11.6. The third kappa shape index (κ3) is 4.20. The van der Waals surface area contributed by atoms with Crippen molar-refractivity contribution in [3.8, 4) is 22.4 Å². The van der Waals surface area contributed by atoms with Crippen molar-refractivity contribution < 1.29 is 17.2 Å². The van der Waals surface area contributed by atoms with Crippen molar-refractivity contribution >= 4 is 26.7 Å². The number of nitrogens with zero attached hydrogens (tertiary/aromatic N) is 5. The second-order valence-electron chi connectivity index (χ2n) is 7.50. The van der Waals surface area contributed by atoms with E-state index >= 15 is 0 Å². The molecule has 0 fully saturated rings. The second kappa shape index (κ2) is 8.27. The molecule has 0 radical (unpaired) electrons. The Labute approximate surface area is 193 Å². The summed E-state index contributed by atoms with van der Waals surface area (Å²) in [6.07, 6.45) is 8.07. The van der Waals surface area contributed by atoms with Crippen LogP contribution in [0.15, 0.2) is 78.3 Å². The summed E-state index contributed by atoms with van der Waals surface area (Å²) >= 11 is 0. The summed E-state index contributed by atoms with van der Waals surface area (Å²) in [5, 5.41) is 4.15. The summed E-state index contributed by atoms with van der Waals surface area (Å²) in [5.41, 5.74) is 4.27. The number of rotatable bonds is 5. The van der Waals surface area contributed by atoms with Gasteiger partial charge in [-0.3, -0.25) is 19.4 Å². The molecule has 0 bridgehead atoms. The fraction of sp³-hybridized carbons (Fsp3) is 0.0435. The number of aromatic nitrogens is 5. The highest BCUT2D eigenvalue weighted by Crippen LogP contribution is 2.27. The molecule has 0 unspecified atom stereocenters. The van der Waals surface area contributed by atoms with E-state index in [9.17, 15) is 17.2 Å². The first-order valence-electron chi connectivity index (χ1n) is 9.98. The molecule has 0 saturated carbocycles. The number of anilines is 1. The zero-order valence-electron chi connectivity index (χ0n) is 17.6. The van der Waals surface area contributed by atoms with Gasteiger partial charge < -0.3 is 0 Å². The van der Waals surface area contributed by atoms with Gasteiger partial charge in [-0.15, -0.1) is 0 Å². The molecule has 3 heterocycles. The number of halogens is 2. The Bertz CT molecular complexity index is 1650. The van der Waals surface area contributed by atoms with Gasteiger partial charge in [0, 0.05) is 36.6 Å². The third-order valence-corrected chi connectivity index (χ3v) is 6.46. The maximum atomic E-state index is 14.0. The van der Waals surface area contributed by atoms with Crippen LogP contribution in [-0.2, 0) is 17.1 Å². The van der Waals surface area contributed by atoms with E-state index in [1.807, 2.05) is 25.4 Å². The number of hydrogen-bond acceptors (Lipinski definition) is 6. The van der Waals surface area contributed by atoms with Crippen LogP contribution in [0.25, 0.3) is 33.4 Å². The minimum Gasteiger partial charge on any atom is -0.278 e. The molecule has 0 spiro atoms. The summed E-state index contributed by atoms with van der Waals surface area (Å²) in [6.45, 7) is 0. The molecule has 0 amide bonds. The SMILES string of the molecule is Cn1cc(-c2cnc3ccc(-c4cncc(NS(=O)(=O)c5ccc(F)cc5F)c4)cc3n2)cn1. The lowest BCUT2D eigenvalue weighted by molar-refractivity contribution is 0.551. The molecule has 5 aromatic rings. The Hall–Kier alpha value is -4.25. The van der Waals surface area contributed by atoms with Crippen LogP contribution in [0, 0.1) is 11.6 Å². The molecule has 0 aliphatic heterocycles. The number of benzene rings is 2. The average molecular weight is 478 g/mol. The highest BCUT2D eigenvalue weighted by Gasteiger charge is 2.20. The van der Waals surface area contributed by atoms with Crippen molar-refractivity contribution in [2.45, 2.75) is 4.90 Å². The lowest BCUT2D eigenvalue weighted by Crippen LogP contribution is -2.15. The monoisotopic (exact) mass is 478 g/mol. The Morgan fingerprint density at radius 3 is 2.50 bits per heavy atom. The Kier molecular flexibility index (Phi) is 5.25. The molecular weight excluding hydrogens is 462 g/mol. The molecule has 0 aliphatic rings. The van der Waals surface area contributed by atoms with Gasteiger partial charge in [0.25, 0.3) is 10.0 Å². The maximum absolute atomic E-state index is 14.0. The van der Waals surface area contributed by atoms with Gasteiger partial charge in [0.15, 0.2) is 0 Å². The van der Waals surface area contributed by atoms with Gasteiger partial charge in [-0.05, 0) is 35.9 Å². The molecule has 0 saturated heterocycles. The maximum Gasteiger partial charge on any atom is 0.264 e. The number of sulfonamides is 1. The number of fused-ring (bicyclic) bond motifs is 1. The van der Waals surface area contributed by atoms with E-state index in [-0.39, 0.29) is 5.69 Å². The smallest absolute Gasteiger partial charge is 0.264 e. The molecule has 1 N–H and O–H groups in total. The molecule has 170 valence electrons. The van der Waals surface area contributed by atoms with Gasteiger partial charge in [0.05, 0.1) is 41.0 Å². The van der Waals surface area contributed by atoms with Crippen molar-refractivity contribution in [1.82, 2.24) is 24.7 Å². The molecule has 34 heavy (non-hydrogen) atoms. The van der Waals surface area contributed by atoms with E-state index in [1.54, 1.807) is 35.4 Å². The Morgan fingerprint density at radius 2 is 1.74 bits per heavy atom. The summed E-state index contributed by atoms with van der Waals surface area (Å²) in [5.74, 6) is -2.06. The van der Waals surface area contributed by atoms with Crippen molar-refractivity contribution in [3.05, 3.63) is 85.1 Å². The number of nitrogens with one attached hydrogen (secondary N) is 1. The predicted octanol–water partition coefficient (Wildman–Crippen LogP) is 4.17. The summed E-state index contributed by atoms with van der Waals surface area (Å²) in [4.78, 5) is 12.5. The Morgan fingerprint density at radius 1 is 0.882 bits per heavy atom. The first-order valence-corrected chi connectivity index (χ1v) is 11.5. The van der Waals surface area contributed by atoms with E-state index in [2.05, 4.69) is 24.8 Å². The molecule has 0 atom stereocenters. The highest BCUT2D eigenvalue weighted by atomic mass is 32.2. The molecule has 11 heteroatoms. The molecule has 3 aromatic heterocycles. The molecule has 2 aromatic carbocycles. The second-order valence-corrected chi connectivity index (χ2v) is 9.15. The largest absolute Gasteiger partial charge is 0.278 e. The van der Waals surface area contributed by atoms with E-state index in [0.29, 0.717) is 28.4 Å². The number of hydrogen-bond donors (Lipinski definition) is 1. The molecule has 8 nitrogen and oxygen atoms in total. The topological polar surface area (TPSA) is 103 Å². The van der Waals surface area contributed by atoms with Crippen LogP contribution < -0.4 is 4.72 Å². The summed E-state index contributed by atoms with van der Waals surface area (Å²) in [7, 11) is -2.48. The molecule has 0 aliphatic carbocycles. The number of pyridine rings is 1. The van der Waals surface area contributed by atoms with E-state index < -0.39 is 26.6 Å². The molecule has 5 rings (SSSR count). The van der Waals surface area contributed by atoms with Crippen LogP contribution in [0.5, 0.6) is 0 Å². The Balaban J connectivity index is 1.48. The standard InChI is InChI=1S/C23H16F2N6O2S/c1-31-13-16(10-28-31)22-12-27-20-4-2-14(7-21(20)29-22)15-6-18(11-26-9-15)30-34(32,33)23-5-3-17(24)8-19(23)25/h2-13,30H,1H3. The quantitative estimate of drug-likeness (QED) is 0.407. The first kappa shape index (κ1) is 21.6. The summed E-state index contributed by atoms with van der Waals surface area (Å²) < 4.78 is 56.3. The van der Waals surface area contributed by atoms with Gasteiger partial charge in [-0.1, -0.05) is 6.07 Å². The van der Waals surface area contributed by atoms with Crippen LogP contribution in [-0.4, -0.2) is 33.2 Å². The lowest BCUT2D eigenvalue weighted by atomic mass is 10.1. The average Bonchev–Trinajstić information content (AvgIpc) is 3.24. The minimum atomic E-state index is -4.29. The van der Waals surface area contributed by atoms with Gasteiger partial charge in [0.2, 0.25) is 0 Å². The third-order valence-electron chi connectivity index (χ3n) is 5.05. The van der Waals surface area contributed by atoms with Gasteiger partial charge in [0.1, 0.15) is 16.5 Å². The van der Waals surface area contributed by atoms with Gasteiger partial charge in [-0.25, -0.2) is 22.2 Å². The van der Waals surface area contributed by atoms with E-state index in [4.69, 9.17) is 0 Å². The predicted molar refractivity (Wildman–Crippen MR) is 122 cm³/mol. The van der Waals surface area contributed by atoms with Crippen molar-refractivity contribution in [1.29, 1.82) is 0 Å². The van der Waals surface area contributed by atoms with Gasteiger partial charge in [-0.2, -0.15) is 5.10 Å². The highest BCUT2D eigenvalue weighted by molar-refractivity contribution is 7.92. The van der Waals surface area contributed by atoms with Crippen LogP contribution in [0.3, 0.4) is 0 Å². The van der Waals surface area contributed by atoms with Crippen molar-refractivity contribution in [3.63, 3.8) is 0 Å². The minimum absolute atomic E-state index is 0.122. The van der Waals surface area contributed by atoms with Gasteiger partial charge >= 0.3 is 0 Å². The van der Waals surface area contributed by atoms with Crippen molar-refractivity contribution in [2.24, 2.45) is 7.05 Å².